The van der Waals surface area contributed by atoms with Gasteiger partial charge in [0.15, 0.2) is 0 Å². The Morgan fingerprint density at radius 3 is 2.86 bits per heavy atom. The molecule has 1 atom stereocenters. The number of hydrogen-bond acceptors (Lipinski definition) is 3. The molecule has 1 aliphatic rings. The molecular weight excluding hydrogens is 184 g/mol. The fourth-order valence-corrected chi connectivity index (χ4v) is 1.36. The van der Waals surface area contributed by atoms with Crippen LogP contribution in [-0.4, -0.2) is 24.8 Å². The third-order valence-electron chi connectivity index (χ3n) is 2.31. The van der Waals surface area contributed by atoms with Crippen molar-refractivity contribution in [3.05, 3.63) is 29.8 Å². The van der Waals surface area contributed by atoms with E-state index in [0.29, 0.717) is 11.3 Å². The molecule has 1 heterocycles. The van der Waals surface area contributed by atoms with E-state index in [1.807, 2.05) is 0 Å². The molecular formula is C10H10O4. The summed E-state index contributed by atoms with van der Waals surface area (Å²) < 4.78 is 10.00. The molecule has 2 rings (SSSR count). The fraction of sp³-hybridized carbons (Fsp3) is 0.300. The summed E-state index contributed by atoms with van der Waals surface area (Å²) in [6.45, 7) is 0.232. The monoisotopic (exact) mass is 194 g/mol. The van der Waals surface area contributed by atoms with Crippen LogP contribution in [0, 0.1) is 0 Å². The van der Waals surface area contributed by atoms with Crippen molar-refractivity contribution in [2.24, 2.45) is 0 Å². The van der Waals surface area contributed by atoms with Crippen molar-refractivity contribution in [2.75, 3.05) is 13.7 Å². The SMILES string of the molecule is COc1cccc(C2(C(=O)O)CO2)c1. The van der Waals surface area contributed by atoms with Crippen LogP contribution in [0.4, 0.5) is 0 Å². The van der Waals surface area contributed by atoms with E-state index in [1.165, 1.54) is 0 Å². The second kappa shape index (κ2) is 2.99. The number of methoxy groups -OCH3 is 1. The van der Waals surface area contributed by atoms with E-state index in [9.17, 15) is 4.79 Å². The van der Waals surface area contributed by atoms with Gasteiger partial charge in [-0.1, -0.05) is 12.1 Å². The van der Waals surface area contributed by atoms with Crippen LogP contribution in [0.5, 0.6) is 5.75 Å². The maximum absolute atomic E-state index is 10.9. The zero-order valence-electron chi connectivity index (χ0n) is 7.69. The number of benzene rings is 1. The number of carboxylic acid groups (broad SMARTS) is 1. The number of ether oxygens (including phenoxy) is 2. The van der Waals surface area contributed by atoms with Gasteiger partial charge in [-0.3, -0.25) is 0 Å². The Labute approximate surface area is 81.1 Å². The minimum absolute atomic E-state index is 0.232. The second-order valence-corrected chi connectivity index (χ2v) is 3.15. The van der Waals surface area contributed by atoms with E-state index < -0.39 is 11.6 Å². The Morgan fingerprint density at radius 2 is 2.36 bits per heavy atom. The lowest BCUT2D eigenvalue weighted by atomic mass is 10.0. The van der Waals surface area contributed by atoms with Crippen molar-refractivity contribution < 1.29 is 19.4 Å². The minimum Gasteiger partial charge on any atom is -0.497 e. The van der Waals surface area contributed by atoms with Crippen LogP contribution in [-0.2, 0) is 15.1 Å². The molecule has 1 unspecified atom stereocenters. The van der Waals surface area contributed by atoms with Crippen molar-refractivity contribution in [1.29, 1.82) is 0 Å². The third kappa shape index (κ3) is 1.24. The molecule has 1 fully saturated rings. The molecule has 0 spiro atoms. The lowest BCUT2D eigenvalue weighted by Gasteiger charge is -2.07. The van der Waals surface area contributed by atoms with Crippen LogP contribution < -0.4 is 4.74 Å². The molecule has 0 aromatic heterocycles. The first kappa shape index (κ1) is 9.02. The van der Waals surface area contributed by atoms with E-state index in [-0.39, 0.29) is 6.61 Å². The highest BCUT2D eigenvalue weighted by Crippen LogP contribution is 2.39. The number of aliphatic carboxylic acids is 1. The summed E-state index contributed by atoms with van der Waals surface area (Å²) in [5, 5.41) is 8.95. The average Bonchev–Trinajstić information content (AvgIpc) is 2.98. The van der Waals surface area contributed by atoms with Crippen LogP contribution in [0.3, 0.4) is 0 Å². The van der Waals surface area contributed by atoms with Crippen LogP contribution >= 0.6 is 0 Å². The van der Waals surface area contributed by atoms with E-state index in [1.54, 1.807) is 31.4 Å². The summed E-state index contributed by atoms with van der Waals surface area (Å²) >= 11 is 0. The average molecular weight is 194 g/mol. The number of carbonyl (C=O) groups is 1. The number of rotatable bonds is 3. The Bertz CT molecular complexity index is 368. The molecule has 74 valence electrons. The molecule has 0 amide bonds. The van der Waals surface area contributed by atoms with Crippen LogP contribution in [0.2, 0.25) is 0 Å². The highest BCUT2D eigenvalue weighted by Gasteiger charge is 2.54. The molecule has 1 saturated heterocycles. The largest absolute Gasteiger partial charge is 0.497 e. The smallest absolute Gasteiger partial charge is 0.343 e. The molecule has 14 heavy (non-hydrogen) atoms. The first-order chi connectivity index (χ1) is 6.69. The van der Waals surface area contributed by atoms with Gasteiger partial charge in [0.05, 0.1) is 13.7 Å². The van der Waals surface area contributed by atoms with Gasteiger partial charge < -0.3 is 14.6 Å². The standard InChI is InChI=1S/C10H10O4/c1-13-8-4-2-3-7(5-8)10(6-14-10)9(11)12/h2-5H,6H2,1H3,(H,11,12). The summed E-state index contributed by atoms with van der Waals surface area (Å²) in [7, 11) is 1.54. The van der Waals surface area contributed by atoms with Crippen molar-refractivity contribution in [3.63, 3.8) is 0 Å². The van der Waals surface area contributed by atoms with Gasteiger partial charge in [-0.05, 0) is 12.1 Å². The summed E-state index contributed by atoms with van der Waals surface area (Å²) in [6.07, 6.45) is 0. The summed E-state index contributed by atoms with van der Waals surface area (Å²) in [4.78, 5) is 10.9. The topological polar surface area (TPSA) is 59.1 Å². The Hall–Kier alpha value is -1.55. The second-order valence-electron chi connectivity index (χ2n) is 3.15. The van der Waals surface area contributed by atoms with E-state index >= 15 is 0 Å². The van der Waals surface area contributed by atoms with Crippen molar-refractivity contribution in [2.45, 2.75) is 5.60 Å². The molecule has 1 aromatic rings. The summed E-state index contributed by atoms with van der Waals surface area (Å²) in [6, 6.07) is 6.92. The van der Waals surface area contributed by atoms with E-state index in [4.69, 9.17) is 14.6 Å². The maximum Gasteiger partial charge on any atom is 0.343 e. The molecule has 1 N–H and O–H groups in total. The predicted octanol–water partition coefficient (Wildman–Crippen LogP) is 1.01. The van der Waals surface area contributed by atoms with Gasteiger partial charge in [0.2, 0.25) is 5.60 Å². The van der Waals surface area contributed by atoms with Gasteiger partial charge in [0.25, 0.3) is 0 Å². The first-order valence-electron chi connectivity index (χ1n) is 4.21. The van der Waals surface area contributed by atoms with Gasteiger partial charge in [0.1, 0.15) is 5.75 Å². The Balaban J connectivity index is 2.37. The molecule has 1 aliphatic heterocycles. The quantitative estimate of drug-likeness (QED) is 0.729. The first-order valence-corrected chi connectivity index (χ1v) is 4.21. The zero-order chi connectivity index (χ0) is 10.2. The lowest BCUT2D eigenvalue weighted by Crippen LogP contribution is -2.21. The summed E-state index contributed by atoms with van der Waals surface area (Å²) in [5.74, 6) is -0.315. The highest BCUT2D eigenvalue weighted by molar-refractivity contribution is 5.82. The molecule has 1 aromatic carbocycles. The van der Waals surface area contributed by atoms with Crippen molar-refractivity contribution >= 4 is 5.97 Å². The lowest BCUT2D eigenvalue weighted by molar-refractivity contribution is -0.143. The van der Waals surface area contributed by atoms with Gasteiger partial charge in [-0.25, -0.2) is 4.79 Å². The fourth-order valence-electron chi connectivity index (χ4n) is 1.36. The number of epoxide rings is 1. The van der Waals surface area contributed by atoms with Crippen LogP contribution in [0.1, 0.15) is 5.56 Å². The maximum atomic E-state index is 10.9. The summed E-state index contributed by atoms with van der Waals surface area (Å²) in [5.41, 5.74) is -0.501. The molecule has 0 radical (unpaired) electrons. The zero-order valence-corrected chi connectivity index (χ0v) is 7.69. The molecule has 0 saturated carbocycles. The van der Waals surface area contributed by atoms with Gasteiger partial charge in [-0.15, -0.1) is 0 Å². The predicted molar refractivity (Wildman–Crippen MR) is 48.3 cm³/mol. The highest BCUT2D eigenvalue weighted by atomic mass is 16.6. The Kier molecular flexibility index (Phi) is 1.93. The molecule has 4 nitrogen and oxygen atoms in total. The van der Waals surface area contributed by atoms with Crippen LogP contribution in [0.25, 0.3) is 0 Å². The van der Waals surface area contributed by atoms with E-state index in [2.05, 4.69) is 0 Å². The minimum atomic E-state index is -1.13. The van der Waals surface area contributed by atoms with Gasteiger partial charge in [0, 0.05) is 5.56 Å². The number of carboxylic acids is 1. The molecule has 0 aliphatic carbocycles. The Morgan fingerprint density at radius 1 is 1.64 bits per heavy atom. The molecule has 0 bridgehead atoms. The van der Waals surface area contributed by atoms with Crippen molar-refractivity contribution in [1.82, 2.24) is 0 Å². The van der Waals surface area contributed by atoms with Gasteiger partial charge >= 0.3 is 5.97 Å². The molecule has 4 heteroatoms. The van der Waals surface area contributed by atoms with Crippen LogP contribution in [0.15, 0.2) is 24.3 Å². The van der Waals surface area contributed by atoms with E-state index in [0.717, 1.165) is 0 Å². The normalized spacial score (nSPS) is 24.4. The van der Waals surface area contributed by atoms with Gasteiger partial charge in [-0.2, -0.15) is 0 Å². The third-order valence-corrected chi connectivity index (χ3v) is 2.31. The number of hydrogen-bond donors (Lipinski definition) is 1. The van der Waals surface area contributed by atoms with Crippen molar-refractivity contribution in [3.8, 4) is 5.75 Å².